The minimum absolute atomic E-state index is 0.241. The molecule has 1 aliphatic rings. The smallest absolute Gasteiger partial charge is 0.266 e. The summed E-state index contributed by atoms with van der Waals surface area (Å²) < 4.78 is 0. The predicted octanol–water partition coefficient (Wildman–Crippen LogP) is 1.82. The van der Waals surface area contributed by atoms with Crippen LogP contribution in [0.25, 0.3) is 0 Å². The lowest BCUT2D eigenvalue weighted by atomic mass is 9.82. The molecule has 1 aromatic rings. The Bertz CT molecular complexity index is 449. The highest BCUT2D eigenvalue weighted by molar-refractivity contribution is 5.36. The van der Waals surface area contributed by atoms with Gasteiger partial charge in [0.25, 0.3) is 5.56 Å². The molecule has 0 amide bonds. The summed E-state index contributed by atoms with van der Waals surface area (Å²) in [5.41, 5.74) is 1.79. The van der Waals surface area contributed by atoms with Gasteiger partial charge in [0.2, 0.25) is 0 Å². The van der Waals surface area contributed by atoms with Crippen molar-refractivity contribution in [1.29, 1.82) is 5.26 Å². The molecule has 0 aliphatic heterocycles. The first-order chi connectivity index (χ1) is 6.72. The molecule has 0 radical (unpaired) electrons. The van der Waals surface area contributed by atoms with E-state index in [-0.39, 0.29) is 11.1 Å². The Balaban J connectivity index is 2.47. The molecule has 72 valence electrons. The van der Waals surface area contributed by atoms with Crippen LogP contribution >= 0.6 is 0 Å². The molecule has 1 aliphatic carbocycles. The second-order valence-corrected chi connectivity index (χ2v) is 3.85. The Kier molecular flexibility index (Phi) is 2.12. The zero-order valence-corrected chi connectivity index (χ0v) is 8.13. The lowest BCUT2D eigenvalue weighted by Gasteiger charge is -2.25. The highest BCUT2D eigenvalue weighted by Crippen LogP contribution is 2.35. The van der Waals surface area contributed by atoms with Crippen LogP contribution in [-0.2, 0) is 0 Å². The van der Waals surface area contributed by atoms with E-state index in [0.717, 1.165) is 24.1 Å². The molecule has 1 heterocycles. The number of nitrogens with zero attached hydrogens (tertiary/aromatic N) is 1. The van der Waals surface area contributed by atoms with Gasteiger partial charge in [0.05, 0.1) is 0 Å². The summed E-state index contributed by atoms with van der Waals surface area (Å²) in [6.07, 6.45) is 3.55. The normalized spacial score (nSPS) is 16.0. The summed E-state index contributed by atoms with van der Waals surface area (Å²) in [6, 6.07) is 3.86. The minimum Gasteiger partial charge on any atom is -0.325 e. The summed E-state index contributed by atoms with van der Waals surface area (Å²) in [4.78, 5) is 14.2. The van der Waals surface area contributed by atoms with E-state index in [1.807, 2.05) is 19.1 Å². The van der Waals surface area contributed by atoms with Crippen LogP contribution in [0.15, 0.2) is 10.9 Å². The molecule has 0 atom stereocenters. The molecule has 3 heteroatoms. The Morgan fingerprint density at radius 2 is 2.29 bits per heavy atom. The highest BCUT2D eigenvalue weighted by atomic mass is 16.1. The van der Waals surface area contributed by atoms with E-state index < -0.39 is 0 Å². The lowest BCUT2D eigenvalue weighted by Crippen LogP contribution is -2.19. The van der Waals surface area contributed by atoms with E-state index in [4.69, 9.17) is 5.26 Å². The fourth-order valence-corrected chi connectivity index (χ4v) is 1.79. The molecule has 2 rings (SSSR count). The lowest BCUT2D eigenvalue weighted by molar-refractivity contribution is 0.410. The van der Waals surface area contributed by atoms with Crippen LogP contribution in [0.4, 0.5) is 0 Å². The highest BCUT2D eigenvalue weighted by Gasteiger charge is 2.21. The molecule has 1 aromatic heterocycles. The van der Waals surface area contributed by atoms with Gasteiger partial charge in [0.15, 0.2) is 0 Å². The number of hydrogen-bond donors (Lipinski definition) is 1. The minimum atomic E-state index is -0.241. The summed E-state index contributed by atoms with van der Waals surface area (Å²) in [5.74, 6) is 0.508. The molecule has 1 saturated carbocycles. The van der Waals surface area contributed by atoms with Crippen molar-refractivity contribution in [1.82, 2.24) is 4.98 Å². The zero-order chi connectivity index (χ0) is 10.1. The van der Waals surface area contributed by atoms with Gasteiger partial charge in [-0.1, -0.05) is 6.42 Å². The van der Waals surface area contributed by atoms with Crippen LogP contribution in [0.2, 0.25) is 0 Å². The molecule has 14 heavy (non-hydrogen) atoms. The van der Waals surface area contributed by atoms with Crippen LogP contribution in [0.5, 0.6) is 0 Å². The first-order valence-electron chi connectivity index (χ1n) is 4.86. The third kappa shape index (κ3) is 1.33. The Labute approximate surface area is 82.4 Å². The molecule has 1 fully saturated rings. The number of aromatic nitrogens is 1. The van der Waals surface area contributed by atoms with E-state index >= 15 is 0 Å². The fourth-order valence-electron chi connectivity index (χ4n) is 1.79. The number of rotatable bonds is 1. The van der Waals surface area contributed by atoms with Crippen molar-refractivity contribution in [2.45, 2.75) is 32.1 Å². The van der Waals surface area contributed by atoms with Crippen molar-refractivity contribution >= 4 is 0 Å². The number of nitrogens with one attached hydrogen (secondary N) is 1. The largest absolute Gasteiger partial charge is 0.325 e. The number of hydrogen-bond acceptors (Lipinski definition) is 2. The molecule has 0 saturated heterocycles. The zero-order valence-electron chi connectivity index (χ0n) is 8.13. The first kappa shape index (κ1) is 9.01. The average molecular weight is 188 g/mol. The van der Waals surface area contributed by atoms with E-state index in [1.54, 1.807) is 0 Å². The number of aromatic amines is 1. The van der Waals surface area contributed by atoms with Gasteiger partial charge in [-0.3, -0.25) is 4.79 Å². The van der Waals surface area contributed by atoms with Gasteiger partial charge in [0, 0.05) is 5.69 Å². The number of aryl methyl sites for hydroxylation is 1. The van der Waals surface area contributed by atoms with Crippen molar-refractivity contribution in [3.05, 3.63) is 33.2 Å². The first-order valence-corrected chi connectivity index (χ1v) is 4.86. The van der Waals surface area contributed by atoms with E-state index in [0.29, 0.717) is 5.92 Å². The summed E-state index contributed by atoms with van der Waals surface area (Å²) >= 11 is 0. The van der Waals surface area contributed by atoms with Crippen LogP contribution in [0.3, 0.4) is 0 Å². The second kappa shape index (κ2) is 3.30. The van der Waals surface area contributed by atoms with Gasteiger partial charge < -0.3 is 4.98 Å². The molecule has 1 N–H and O–H groups in total. The van der Waals surface area contributed by atoms with E-state index in [9.17, 15) is 4.79 Å². The second-order valence-electron chi connectivity index (χ2n) is 3.85. The summed E-state index contributed by atoms with van der Waals surface area (Å²) in [5, 5.41) is 8.73. The Morgan fingerprint density at radius 3 is 2.71 bits per heavy atom. The van der Waals surface area contributed by atoms with Crippen LogP contribution < -0.4 is 5.56 Å². The van der Waals surface area contributed by atoms with Crippen LogP contribution in [-0.4, -0.2) is 4.98 Å². The monoisotopic (exact) mass is 188 g/mol. The van der Waals surface area contributed by atoms with Crippen LogP contribution in [0.1, 0.15) is 42.0 Å². The molecule has 3 nitrogen and oxygen atoms in total. The quantitative estimate of drug-likeness (QED) is 0.730. The van der Waals surface area contributed by atoms with Crippen molar-refractivity contribution in [2.75, 3.05) is 0 Å². The SMILES string of the molecule is Cc1cc(C2CCC2)[nH]c(=O)c1C#N. The number of pyridine rings is 1. The van der Waals surface area contributed by atoms with Gasteiger partial charge in [-0.15, -0.1) is 0 Å². The average Bonchev–Trinajstić information content (AvgIpc) is 2.00. The maximum atomic E-state index is 11.5. The predicted molar refractivity (Wildman–Crippen MR) is 53.1 cm³/mol. The molecular formula is C11H12N2O. The molecule has 0 unspecified atom stereocenters. The standard InChI is InChI=1S/C11H12N2O/c1-7-5-10(8-3-2-4-8)13-11(14)9(7)6-12/h5,8H,2-4H2,1H3,(H,13,14). The van der Waals surface area contributed by atoms with Crippen molar-refractivity contribution in [2.24, 2.45) is 0 Å². The number of H-pyrrole nitrogens is 1. The third-order valence-corrected chi connectivity index (χ3v) is 2.91. The van der Waals surface area contributed by atoms with E-state index in [2.05, 4.69) is 4.98 Å². The summed E-state index contributed by atoms with van der Waals surface area (Å²) in [7, 11) is 0. The maximum Gasteiger partial charge on any atom is 0.266 e. The van der Waals surface area contributed by atoms with Gasteiger partial charge in [-0.2, -0.15) is 5.26 Å². The van der Waals surface area contributed by atoms with Gasteiger partial charge in [0.1, 0.15) is 11.6 Å². The Morgan fingerprint density at radius 1 is 1.57 bits per heavy atom. The topological polar surface area (TPSA) is 56.6 Å². The maximum absolute atomic E-state index is 11.5. The van der Waals surface area contributed by atoms with Crippen LogP contribution in [0, 0.1) is 18.3 Å². The van der Waals surface area contributed by atoms with Gasteiger partial charge in [-0.05, 0) is 37.3 Å². The molecule has 0 bridgehead atoms. The number of nitriles is 1. The molecule has 0 spiro atoms. The van der Waals surface area contributed by atoms with E-state index in [1.165, 1.54) is 6.42 Å². The van der Waals surface area contributed by atoms with Gasteiger partial charge in [-0.25, -0.2) is 0 Å². The fraction of sp³-hybridized carbons (Fsp3) is 0.455. The van der Waals surface area contributed by atoms with Crippen molar-refractivity contribution in [3.8, 4) is 6.07 Å². The summed E-state index contributed by atoms with van der Waals surface area (Å²) in [6.45, 7) is 1.82. The Hall–Kier alpha value is -1.56. The van der Waals surface area contributed by atoms with Crippen molar-refractivity contribution < 1.29 is 0 Å². The van der Waals surface area contributed by atoms with Crippen molar-refractivity contribution in [3.63, 3.8) is 0 Å². The van der Waals surface area contributed by atoms with Gasteiger partial charge >= 0.3 is 0 Å². The molecular weight excluding hydrogens is 176 g/mol. The molecule has 0 aromatic carbocycles. The third-order valence-electron chi connectivity index (χ3n) is 2.91.